The molecule has 53 heavy (non-hydrogen) atoms. The second-order valence-corrected chi connectivity index (χ2v) is 19.0. The van der Waals surface area contributed by atoms with Crippen LogP contribution in [0.3, 0.4) is 0 Å². The van der Waals surface area contributed by atoms with Gasteiger partial charge in [0.1, 0.15) is 12.4 Å². The van der Waals surface area contributed by atoms with Crippen LogP contribution in [0.4, 0.5) is 0 Å². The van der Waals surface area contributed by atoms with E-state index in [1.54, 1.807) is 30.3 Å². The molecule has 4 saturated carbocycles. The van der Waals surface area contributed by atoms with E-state index in [1.807, 2.05) is 50.2 Å². The van der Waals surface area contributed by atoms with Crippen LogP contribution in [0.15, 0.2) is 78.4 Å². The van der Waals surface area contributed by atoms with Crippen molar-refractivity contribution in [2.45, 2.75) is 118 Å². The van der Waals surface area contributed by atoms with E-state index < -0.39 is 52.4 Å². The van der Waals surface area contributed by atoms with Gasteiger partial charge >= 0.3 is 11.9 Å². The topological polar surface area (TPSA) is 110 Å². The summed E-state index contributed by atoms with van der Waals surface area (Å²) in [5.74, 6) is -0.982. The van der Waals surface area contributed by atoms with Crippen LogP contribution in [0.1, 0.15) is 109 Å². The molecule has 0 unspecified atom stereocenters. The smallest absolute Gasteiger partial charge is 0.338 e. The number of esters is 2. The lowest BCUT2D eigenvalue weighted by molar-refractivity contribution is -0.243. The number of carbonyl (C=O) groups excluding carboxylic acids is 3. The van der Waals surface area contributed by atoms with Gasteiger partial charge in [-0.15, -0.1) is 0 Å². The summed E-state index contributed by atoms with van der Waals surface area (Å²) in [5.41, 5.74) is -0.750. The molecule has 0 aliphatic heterocycles. The molecule has 7 rings (SSSR count). The summed E-state index contributed by atoms with van der Waals surface area (Å²) >= 11 is 0. The van der Waals surface area contributed by atoms with Crippen LogP contribution in [-0.4, -0.2) is 52.9 Å². The van der Waals surface area contributed by atoms with E-state index in [4.69, 9.17) is 9.47 Å². The van der Waals surface area contributed by atoms with Crippen molar-refractivity contribution in [3.8, 4) is 0 Å². The molecule has 0 spiro atoms. The number of hydrogen-bond acceptors (Lipinski definition) is 7. The first-order valence-electron chi connectivity index (χ1n) is 19.7. The van der Waals surface area contributed by atoms with Crippen molar-refractivity contribution in [1.29, 1.82) is 0 Å². The van der Waals surface area contributed by atoms with E-state index in [-0.39, 0.29) is 22.3 Å². The number of carbonyl (C=O) groups is 3. The van der Waals surface area contributed by atoms with Crippen molar-refractivity contribution in [3.63, 3.8) is 0 Å². The summed E-state index contributed by atoms with van der Waals surface area (Å²) in [5, 5.41) is 23.8. The molecule has 7 nitrogen and oxygen atoms in total. The van der Waals surface area contributed by atoms with Crippen LogP contribution >= 0.6 is 0 Å². The van der Waals surface area contributed by atoms with Crippen molar-refractivity contribution in [1.82, 2.24) is 0 Å². The first-order chi connectivity index (χ1) is 25.0. The van der Waals surface area contributed by atoms with Crippen LogP contribution in [0.25, 0.3) is 6.08 Å². The van der Waals surface area contributed by atoms with E-state index in [0.29, 0.717) is 30.2 Å². The van der Waals surface area contributed by atoms with E-state index in [2.05, 4.69) is 40.7 Å². The van der Waals surface area contributed by atoms with Crippen LogP contribution in [-0.2, 0) is 19.1 Å². The van der Waals surface area contributed by atoms with Crippen LogP contribution in [0, 0.1) is 50.2 Å². The van der Waals surface area contributed by atoms with Gasteiger partial charge in [-0.05, 0) is 108 Å². The third-order valence-corrected chi connectivity index (χ3v) is 15.8. The Labute approximate surface area is 315 Å². The predicted molar refractivity (Wildman–Crippen MR) is 204 cm³/mol. The minimum absolute atomic E-state index is 0.0106. The van der Waals surface area contributed by atoms with E-state index >= 15 is 0 Å². The Hall–Kier alpha value is -3.55. The highest BCUT2D eigenvalue weighted by molar-refractivity contribution is 5.90. The fourth-order valence-corrected chi connectivity index (χ4v) is 12.7. The van der Waals surface area contributed by atoms with Gasteiger partial charge in [0.15, 0.2) is 6.10 Å². The van der Waals surface area contributed by atoms with Crippen LogP contribution < -0.4 is 0 Å². The molecular weight excluding hydrogens is 664 g/mol. The third kappa shape index (κ3) is 5.61. The summed E-state index contributed by atoms with van der Waals surface area (Å²) in [7, 11) is 0. The minimum atomic E-state index is -1.54. The number of aliphatic hydroxyl groups is 2. The van der Waals surface area contributed by atoms with Gasteiger partial charge < -0.3 is 24.5 Å². The van der Waals surface area contributed by atoms with Gasteiger partial charge in [0, 0.05) is 11.5 Å². The molecular formula is C46H58O7. The van der Waals surface area contributed by atoms with Gasteiger partial charge in [-0.2, -0.15) is 0 Å². The Bertz CT molecular complexity index is 1800. The van der Waals surface area contributed by atoms with E-state index in [1.165, 1.54) is 6.08 Å². The third-order valence-electron chi connectivity index (χ3n) is 15.8. The van der Waals surface area contributed by atoms with E-state index in [9.17, 15) is 24.6 Å². The molecule has 11 atom stereocenters. The molecule has 2 aromatic rings. The maximum Gasteiger partial charge on any atom is 0.338 e. The quantitative estimate of drug-likeness (QED) is 0.133. The lowest BCUT2D eigenvalue weighted by atomic mass is 9.33. The first-order valence-corrected chi connectivity index (χ1v) is 19.7. The van der Waals surface area contributed by atoms with Crippen molar-refractivity contribution in [3.05, 3.63) is 89.5 Å². The normalized spacial score (nSPS) is 41.1. The molecule has 0 heterocycles. The van der Waals surface area contributed by atoms with Crippen molar-refractivity contribution < 1.29 is 34.1 Å². The summed E-state index contributed by atoms with van der Waals surface area (Å²) < 4.78 is 12.7. The average molecular weight is 723 g/mol. The minimum Gasteiger partial charge on any atom is -0.454 e. The number of benzene rings is 2. The molecule has 0 aromatic heterocycles. The Morgan fingerprint density at radius 2 is 1.43 bits per heavy atom. The SMILES string of the molecule is CC1(C)C[C@H]2C3=CC[C@@H]4[C@@]5(C)CC[C@H](O)C(C)(C)[C@@H]5CC[C@@]4(C)[C@]3(C)C[C@@H](O)[C@@]2(C=O)[C@@H](OC(=O)/C=C/c2ccccc2)[C@@H]1OC(=O)c1ccccc1. The molecule has 284 valence electrons. The molecule has 0 radical (unpaired) electrons. The average Bonchev–Trinajstić information content (AvgIpc) is 3.11. The fourth-order valence-electron chi connectivity index (χ4n) is 12.7. The van der Waals surface area contributed by atoms with Crippen LogP contribution in [0.5, 0.6) is 0 Å². The zero-order valence-corrected chi connectivity index (χ0v) is 32.5. The van der Waals surface area contributed by atoms with Gasteiger partial charge in [-0.3, -0.25) is 0 Å². The van der Waals surface area contributed by atoms with E-state index in [0.717, 1.165) is 49.5 Å². The zero-order chi connectivity index (χ0) is 38.2. The number of fused-ring (bicyclic) bond motifs is 7. The molecule has 0 amide bonds. The second kappa shape index (κ2) is 13.0. The number of aldehydes is 1. The largest absolute Gasteiger partial charge is 0.454 e. The molecule has 0 saturated heterocycles. The fraction of sp³-hybridized carbons (Fsp3) is 0.587. The maximum absolute atomic E-state index is 13.9. The maximum atomic E-state index is 13.9. The highest BCUT2D eigenvalue weighted by Crippen LogP contribution is 2.75. The van der Waals surface area contributed by atoms with Crippen molar-refractivity contribution in [2.75, 3.05) is 0 Å². The van der Waals surface area contributed by atoms with Crippen LogP contribution in [0.2, 0.25) is 0 Å². The summed E-state index contributed by atoms with van der Waals surface area (Å²) in [4.78, 5) is 41.4. The molecule has 7 heteroatoms. The Balaban J connectivity index is 1.31. The Kier molecular flexibility index (Phi) is 9.29. The second-order valence-electron chi connectivity index (χ2n) is 19.0. The predicted octanol–water partition coefficient (Wildman–Crippen LogP) is 8.39. The summed E-state index contributed by atoms with van der Waals surface area (Å²) in [6, 6.07) is 18.1. The first kappa shape index (κ1) is 37.8. The standard InChI is InChI=1S/C46H58O7/c1-41(2)26-32-31-19-20-34-43(5)24-23-35(48)42(3,4)33(43)22-25-44(34,6)45(31,7)27-36(49)46(32,28-47)39(38(41)53-40(51)30-16-12-9-13-17-30)52-37(50)21-18-29-14-10-8-11-15-29/h8-19,21,28,32-36,38-39,48-49H,20,22-27H2,1-7H3/b21-18+/t32-,33-,34+,35-,36+,38-,39-,43-,44+,45+,46-/m0/s1. The molecule has 5 aliphatic carbocycles. The molecule has 4 fully saturated rings. The number of hydrogen-bond donors (Lipinski definition) is 2. The monoisotopic (exact) mass is 722 g/mol. The number of rotatable bonds is 6. The highest BCUT2D eigenvalue weighted by atomic mass is 16.6. The van der Waals surface area contributed by atoms with Gasteiger partial charge in [-0.25, -0.2) is 9.59 Å². The van der Waals surface area contributed by atoms with Gasteiger partial charge in [0.05, 0.1) is 23.2 Å². The van der Waals surface area contributed by atoms with Gasteiger partial charge in [0.25, 0.3) is 0 Å². The van der Waals surface area contributed by atoms with Gasteiger partial charge in [-0.1, -0.05) is 109 Å². The summed E-state index contributed by atoms with van der Waals surface area (Å²) in [6.45, 7) is 15.6. The Morgan fingerprint density at radius 1 is 0.774 bits per heavy atom. The number of ether oxygens (including phenoxy) is 2. The zero-order valence-electron chi connectivity index (χ0n) is 32.5. The van der Waals surface area contributed by atoms with Crippen molar-refractivity contribution in [2.24, 2.45) is 50.2 Å². The number of allylic oxidation sites excluding steroid dienone is 2. The molecule has 5 aliphatic rings. The van der Waals surface area contributed by atoms with Crippen molar-refractivity contribution >= 4 is 24.3 Å². The number of aliphatic hydroxyl groups excluding tert-OH is 2. The van der Waals surface area contributed by atoms with Gasteiger partial charge in [0.2, 0.25) is 0 Å². The highest BCUT2D eigenvalue weighted by Gasteiger charge is 2.73. The Morgan fingerprint density at radius 3 is 2.09 bits per heavy atom. The lowest BCUT2D eigenvalue weighted by Gasteiger charge is -2.72. The molecule has 2 aromatic carbocycles. The lowest BCUT2D eigenvalue weighted by Crippen LogP contribution is -2.72. The molecule has 2 N–H and O–H groups in total. The summed E-state index contributed by atoms with van der Waals surface area (Å²) in [6.07, 6.45) is 7.77. The molecule has 0 bridgehead atoms.